The van der Waals surface area contributed by atoms with E-state index >= 15 is 0 Å². The van der Waals surface area contributed by atoms with Gasteiger partial charge in [-0.05, 0) is 78.5 Å². The predicted molar refractivity (Wildman–Crippen MR) is 193 cm³/mol. The number of benzene rings is 4. The van der Waals surface area contributed by atoms with Crippen molar-refractivity contribution in [2.45, 2.75) is 102 Å². The molecule has 1 atom stereocenters. The fourth-order valence-electron chi connectivity index (χ4n) is 7.40. The first-order valence-electron chi connectivity index (χ1n) is 17.8. The molecule has 5 heteroatoms. The molecule has 1 aliphatic carbocycles. The topological polar surface area (TPSA) is 64.6 Å². The van der Waals surface area contributed by atoms with Crippen molar-refractivity contribution in [2.75, 3.05) is 5.32 Å². The van der Waals surface area contributed by atoms with Gasteiger partial charge in [-0.25, -0.2) is 4.79 Å². The van der Waals surface area contributed by atoms with Gasteiger partial charge in [0.25, 0.3) is 0 Å². The molecule has 0 radical (unpaired) electrons. The van der Waals surface area contributed by atoms with Crippen LogP contribution in [0.25, 0.3) is 0 Å². The van der Waals surface area contributed by atoms with Gasteiger partial charge in [0.1, 0.15) is 17.6 Å². The second-order valence-electron chi connectivity index (χ2n) is 14.6. The van der Waals surface area contributed by atoms with E-state index in [4.69, 9.17) is 9.47 Å². The Hall–Kier alpha value is -4.38. The maximum Gasteiger partial charge on any atom is 0.338 e. The quantitative estimate of drug-likeness (QED) is 0.165. The molecule has 2 aliphatic rings. The first kappa shape index (κ1) is 33.5. The molecule has 5 nitrogen and oxygen atoms in total. The lowest BCUT2D eigenvalue weighted by Crippen LogP contribution is -2.22. The Morgan fingerprint density at radius 3 is 2.12 bits per heavy atom. The van der Waals surface area contributed by atoms with E-state index in [0.29, 0.717) is 12.0 Å². The smallest absolute Gasteiger partial charge is 0.338 e. The highest BCUT2D eigenvalue weighted by Crippen LogP contribution is 2.45. The summed E-state index contributed by atoms with van der Waals surface area (Å²) >= 11 is 0. The van der Waals surface area contributed by atoms with Crippen LogP contribution in [-0.2, 0) is 21.4 Å². The summed E-state index contributed by atoms with van der Waals surface area (Å²) in [5, 5.41) is 3.31. The molecule has 0 bridgehead atoms. The van der Waals surface area contributed by atoms with Crippen LogP contribution in [0.1, 0.15) is 117 Å². The minimum Gasteiger partial charge on any atom is -0.459 e. The zero-order chi connectivity index (χ0) is 33.5. The number of hydrogen-bond acceptors (Lipinski definition) is 4. The number of rotatable bonds is 11. The van der Waals surface area contributed by atoms with Crippen molar-refractivity contribution in [2.24, 2.45) is 5.92 Å². The molecule has 1 N–H and O–H groups in total. The van der Waals surface area contributed by atoms with E-state index in [9.17, 15) is 9.59 Å². The third-order valence-corrected chi connectivity index (χ3v) is 10.0. The number of aryl methyl sites for hydroxylation is 1. The van der Waals surface area contributed by atoms with Crippen molar-refractivity contribution in [3.05, 3.63) is 125 Å². The second kappa shape index (κ2) is 15.2. The van der Waals surface area contributed by atoms with Crippen LogP contribution in [0.15, 0.2) is 97.1 Å². The van der Waals surface area contributed by atoms with Crippen molar-refractivity contribution in [3.63, 3.8) is 0 Å². The van der Waals surface area contributed by atoms with E-state index in [1.807, 2.05) is 66.7 Å². The van der Waals surface area contributed by atoms with Gasteiger partial charge in [-0.3, -0.25) is 4.79 Å². The summed E-state index contributed by atoms with van der Waals surface area (Å²) in [4.78, 5) is 26.9. The molecule has 1 amide bonds. The number of carbonyl (C=O) groups is 2. The predicted octanol–water partition coefficient (Wildman–Crippen LogP) is 10.8. The molecule has 0 aromatic heterocycles. The standard InChI is InChI=1S/C43H49NO4/c1-43(2,3)37-27-24-31(23-26-33(25-22-30-14-6-4-7-15-30)47-42(46)32-16-8-5-9-17-32)28-38(37)44-41(45)29-36-34-18-10-12-20-39(34)48-40-21-13-11-19-35(36)40/h5,8-13,16-21,24,27-28,30,33,36H,4,6-7,14-15,22-23,25-26,29H2,1-3H3,(H,44,45)/t33-/m0/s1. The minimum absolute atomic E-state index is 0.0312. The molecule has 0 unspecified atom stereocenters. The normalized spacial score (nSPS) is 15.5. The fraction of sp³-hybridized carbons (Fsp3) is 0.395. The summed E-state index contributed by atoms with van der Waals surface area (Å²) in [7, 11) is 0. The van der Waals surface area contributed by atoms with Gasteiger partial charge < -0.3 is 14.8 Å². The van der Waals surface area contributed by atoms with Crippen molar-refractivity contribution in [1.82, 2.24) is 0 Å². The van der Waals surface area contributed by atoms with Gasteiger partial charge in [-0.1, -0.05) is 120 Å². The molecule has 0 saturated heterocycles. The molecule has 1 aliphatic heterocycles. The molecule has 6 rings (SSSR count). The zero-order valence-electron chi connectivity index (χ0n) is 28.7. The lowest BCUT2D eigenvalue weighted by Gasteiger charge is -2.28. The van der Waals surface area contributed by atoms with E-state index in [1.54, 1.807) is 0 Å². The monoisotopic (exact) mass is 643 g/mol. The number of amides is 1. The summed E-state index contributed by atoms with van der Waals surface area (Å²) in [5.41, 5.74) is 5.55. The van der Waals surface area contributed by atoms with Gasteiger partial charge in [-0.15, -0.1) is 0 Å². The number of esters is 1. The van der Waals surface area contributed by atoms with Gasteiger partial charge in [0.15, 0.2) is 0 Å². The number of para-hydroxylation sites is 2. The maximum absolute atomic E-state index is 13.8. The molecule has 1 saturated carbocycles. The molecular formula is C43H49NO4. The summed E-state index contributed by atoms with van der Waals surface area (Å²) < 4.78 is 12.3. The summed E-state index contributed by atoms with van der Waals surface area (Å²) in [6.45, 7) is 6.52. The molecule has 48 heavy (non-hydrogen) atoms. The van der Waals surface area contributed by atoms with Gasteiger partial charge in [-0.2, -0.15) is 0 Å². The minimum atomic E-state index is -0.253. The fourth-order valence-corrected chi connectivity index (χ4v) is 7.40. The molecule has 0 spiro atoms. The Morgan fingerprint density at radius 1 is 0.812 bits per heavy atom. The highest BCUT2D eigenvalue weighted by molar-refractivity contribution is 5.93. The van der Waals surface area contributed by atoms with Crippen LogP contribution >= 0.6 is 0 Å². The number of nitrogens with one attached hydrogen (secondary N) is 1. The molecule has 1 fully saturated rings. The number of fused-ring (bicyclic) bond motifs is 2. The first-order valence-corrected chi connectivity index (χ1v) is 17.8. The van der Waals surface area contributed by atoms with Gasteiger partial charge in [0.2, 0.25) is 5.91 Å². The van der Waals surface area contributed by atoms with Gasteiger partial charge in [0.05, 0.1) is 5.56 Å². The van der Waals surface area contributed by atoms with Crippen molar-refractivity contribution in [3.8, 4) is 11.5 Å². The highest BCUT2D eigenvalue weighted by atomic mass is 16.5. The Morgan fingerprint density at radius 2 is 1.46 bits per heavy atom. The summed E-state index contributed by atoms with van der Waals surface area (Å²) in [5.74, 6) is 1.94. The average molecular weight is 644 g/mol. The molecule has 4 aromatic rings. The Balaban J connectivity index is 1.18. The van der Waals surface area contributed by atoms with E-state index in [2.05, 4.69) is 56.4 Å². The lowest BCUT2D eigenvalue weighted by molar-refractivity contribution is -0.116. The average Bonchev–Trinajstić information content (AvgIpc) is 3.09. The van der Waals surface area contributed by atoms with Crippen molar-refractivity contribution in [1.29, 1.82) is 0 Å². The number of anilines is 1. The van der Waals surface area contributed by atoms with Crippen LogP contribution in [0.4, 0.5) is 5.69 Å². The van der Waals surface area contributed by atoms with Crippen LogP contribution in [0.5, 0.6) is 11.5 Å². The van der Waals surface area contributed by atoms with E-state index in [-0.39, 0.29) is 29.3 Å². The van der Waals surface area contributed by atoms with Gasteiger partial charge >= 0.3 is 5.97 Å². The first-order chi connectivity index (χ1) is 23.2. The van der Waals surface area contributed by atoms with Crippen LogP contribution in [0.3, 0.4) is 0 Å². The molecular weight excluding hydrogens is 594 g/mol. The lowest BCUT2D eigenvalue weighted by atomic mass is 9.83. The molecule has 250 valence electrons. The Kier molecular flexibility index (Phi) is 10.6. The third kappa shape index (κ3) is 8.36. The molecule has 4 aromatic carbocycles. The summed E-state index contributed by atoms with van der Waals surface area (Å²) in [6, 6.07) is 31.7. The van der Waals surface area contributed by atoms with Crippen LogP contribution < -0.4 is 10.1 Å². The Bertz CT molecular complexity index is 1650. The van der Waals surface area contributed by atoms with Crippen LogP contribution in [0.2, 0.25) is 0 Å². The van der Waals surface area contributed by atoms with E-state index in [0.717, 1.165) is 71.0 Å². The maximum atomic E-state index is 13.8. The highest BCUT2D eigenvalue weighted by Gasteiger charge is 2.29. The van der Waals surface area contributed by atoms with E-state index < -0.39 is 0 Å². The second-order valence-corrected chi connectivity index (χ2v) is 14.6. The Labute approximate surface area is 286 Å². The summed E-state index contributed by atoms with van der Waals surface area (Å²) in [6.07, 6.45) is 10.1. The zero-order valence-corrected chi connectivity index (χ0v) is 28.7. The largest absolute Gasteiger partial charge is 0.459 e. The molecule has 1 heterocycles. The van der Waals surface area contributed by atoms with Crippen molar-refractivity contribution < 1.29 is 19.1 Å². The number of ether oxygens (including phenoxy) is 2. The number of hydrogen-bond donors (Lipinski definition) is 1. The van der Waals surface area contributed by atoms with Gasteiger partial charge in [0, 0.05) is 29.2 Å². The van der Waals surface area contributed by atoms with Crippen LogP contribution in [0, 0.1) is 5.92 Å². The van der Waals surface area contributed by atoms with E-state index in [1.165, 1.54) is 32.1 Å². The third-order valence-electron chi connectivity index (χ3n) is 10.0. The SMILES string of the molecule is CC(C)(C)c1ccc(CC[C@H](CCC2CCCCC2)OC(=O)c2ccccc2)cc1NC(=O)CC1c2ccccc2Oc2ccccc21. The van der Waals surface area contributed by atoms with Crippen molar-refractivity contribution >= 4 is 17.6 Å². The number of carbonyl (C=O) groups excluding carboxylic acids is 2. The van der Waals surface area contributed by atoms with Crippen LogP contribution in [-0.4, -0.2) is 18.0 Å².